The van der Waals surface area contributed by atoms with E-state index in [4.69, 9.17) is 0 Å². The third-order valence-corrected chi connectivity index (χ3v) is 5.24. The number of thiophene rings is 1. The standard InChI is InChI=1S/C16H14BrN3O2S/c1-8-9(2)23-15-14(8)16(22)20(10(3)19-15)18-7-11-6-12(17)4-5-13(11)21/h4-7,21H,1-3H3/b18-7-. The Morgan fingerprint density at radius 2 is 2.09 bits per heavy atom. The SMILES string of the molecule is Cc1sc2nc(C)n(/N=C\c3cc(Br)ccc3O)c(=O)c2c1C. The Morgan fingerprint density at radius 3 is 2.83 bits per heavy atom. The molecule has 3 aromatic rings. The minimum absolute atomic E-state index is 0.0965. The number of aromatic hydroxyl groups is 1. The summed E-state index contributed by atoms with van der Waals surface area (Å²) in [5.74, 6) is 0.605. The monoisotopic (exact) mass is 391 g/mol. The molecule has 0 amide bonds. The van der Waals surface area contributed by atoms with Gasteiger partial charge in [-0.2, -0.15) is 9.78 Å². The second-order valence-electron chi connectivity index (χ2n) is 5.19. The number of hydrogen-bond donors (Lipinski definition) is 1. The highest BCUT2D eigenvalue weighted by atomic mass is 79.9. The molecule has 0 aliphatic carbocycles. The third kappa shape index (κ3) is 2.82. The Balaban J connectivity index is 2.17. The summed E-state index contributed by atoms with van der Waals surface area (Å²) in [6.07, 6.45) is 1.45. The van der Waals surface area contributed by atoms with Gasteiger partial charge >= 0.3 is 0 Å². The van der Waals surface area contributed by atoms with Gasteiger partial charge in [-0.25, -0.2) is 4.98 Å². The van der Waals surface area contributed by atoms with Crippen LogP contribution < -0.4 is 5.56 Å². The van der Waals surface area contributed by atoms with Gasteiger partial charge in [0.1, 0.15) is 16.4 Å². The topological polar surface area (TPSA) is 67.5 Å². The van der Waals surface area contributed by atoms with Gasteiger partial charge in [-0.3, -0.25) is 4.79 Å². The van der Waals surface area contributed by atoms with Gasteiger partial charge in [-0.05, 0) is 44.5 Å². The Morgan fingerprint density at radius 1 is 1.35 bits per heavy atom. The molecular weight excluding hydrogens is 378 g/mol. The van der Waals surface area contributed by atoms with Gasteiger partial charge in [0.05, 0.1) is 11.6 Å². The van der Waals surface area contributed by atoms with Crippen LogP contribution in [0, 0.1) is 20.8 Å². The van der Waals surface area contributed by atoms with Crippen LogP contribution in [0.1, 0.15) is 21.8 Å². The molecule has 23 heavy (non-hydrogen) atoms. The molecule has 0 aliphatic rings. The zero-order valence-electron chi connectivity index (χ0n) is 12.8. The molecule has 0 radical (unpaired) electrons. The van der Waals surface area contributed by atoms with Crippen LogP contribution in [0.3, 0.4) is 0 Å². The van der Waals surface area contributed by atoms with E-state index in [2.05, 4.69) is 26.0 Å². The van der Waals surface area contributed by atoms with Crippen molar-refractivity contribution in [2.45, 2.75) is 20.8 Å². The van der Waals surface area contributed by atoms with Crippen LogP contribution in [0.2, 0.25) is 0 Å². The van der Waals surface area contributed by atoms with Crippen LogP contribution in [-0.4, -0.2) is 21.0 Å². The van der Waals surface area contributed by atoms with E-state index in [0.717, 1.165) is 19.7 Å². The quantitative estimate of drug-likeness (QED) is 0.676. The van der Waals surface area contributed by atoms with Crippen molar-refractivity contribution < 1.29 is 5.11 Å². The lowest BCUT2D eigenvalue weighted by Crippen LogP contribution is -2.20. The van der Waals surface area contributed by atoms with Gasteiger partial charge in [0, 0.05) is 14.9 Å². The highest BCUT2D eigenvalue weighted by molar-refractivity contribution is 9.10. The molecule has 2 aromatic heterocycles. The summed E-state index contributed by atoms with van der Waals surface area (Å²) in [5.41, 5.74) is 1.26. The van der Waals surface area contributed by atoms with Gasteiger partial charge < -0.3 is 5.11 Å². The summed E-state index contributed by atoms with van der Waals surface area (Å²) >= 11 is 4.86. The zero-order valence-corrected chi connectivity index (χ0v) is 15.2. The van der Waals surface area contributed by atoms with Gasteiger partial charge in [-0.1, -0.05) is 15.9 Å². The molecule has 0 unspecified atom stereocenters. The summed E-state index contributed by atoms with van der Waals surface area (Å²) < 4.78 is 2.08. The van der Waals surface area contributed by atoms with Crippen LogP contribution in [0.25, 0.3) is 10.2 Å². The average molecular weight is 392 g/mol. The molecule has 1 N–H and O–H groups in total. The lowest BCUT2D eigenvalue weighted by atomic mass is 10.2. The summed E-state index contributed by atoms with van der Waals surface area (Å²) in [7, 11) is 0. The van der Waals surface area contributed by atoms with Crippen LogP contribution in [-0.2, 0) is 0 Å². The number of aryl methyl sites for hydroxylation is 3. The highest BCUT2D eigenvalue weighted by Gasteiger charge is 2.14. The van der Waals surface area contributed by atoms with Crippen molar-refractivity contribution in [1.29, 1.82) is 0 Å². The average Bonchev–Trinajstić information content (AvgIpc) is 2.77. The second kappa shape index (κ2) is 5.90. The minimum atomic E-state index is -0.194. The van der Waals surface area contributed by atoms with Crippen LogP contribution in [0.4, 0.5) is 0 Å². The van der Waals surface area contributed by atoms with Crippen molar-refractivity contribution in [3.05, 3.63) is 54.9 Å². The van der Waals surface area contributed by atoms with E-state index in [1.165, 1.54) is 22.2 Å². The van der Waals surface area contributed by atoms with E-state index < -0.39 is 0 Å². The van der Waals surface area contributed by atoms with Crippen molar-refractivity contribution in [2.75, 3.05) is 0 Å². The van der Waals surface area contributed by atoms with E-state index in [-0.39, 0.29) is 11.3 Å². The van der Waals surface area contributed by atoms with E-state index in [1.807, 2.05) is 13.8 Å². The fourth-order valence-electron chi connectivity index (χ4n) is 2.27. The Labute approximate surface area is 145 Å². The smallest absolute Gasteiger partial charge is 0.283 e. The number of phenolic OH excluding ortho intramolecular Hbond substituents is 1. The molecule has 2 heterocycles. The molecule has 5 nitrogen and oxygen atoms in total. The first-order valence-electron chi connectivity index (χ1n) is 6.90. The molecule has 0 fully saturated rings. The fourth-order valence-corrected chi connectivity index (χ4v) is 3.72. The molecular formula is C16H14BrN3O2S. The van der Waals surface area contributed by atoms with E-state index >= 15 is 0 Å². The molecule has 1 aromatic carbocycles. The first-order valence-corrected chi connectivity index (χ1v) is 8.51. The second-order valence-corrected chi connectivity index (χ2v) is 7.31. The van der Waals surface area contributed by atoms with Crippen molar-refractivity contribution in [3.8, 4) is 5.75 Å². The molecule has 0 spiro atoms. The Hall–Kier alpha value is -1.99. The van der Waals surface area contributed by atoms with Crippen molar-refractivity contribution >= 4 is 43.7 Å². The third-order valence-electron chi connectivity index (χ3n) is 3.64. The van der Waals surface area contributed by atoms with Gasteiger partial charge in [0.2, 0.25) is 0 Å². The largest absolute Gasteiger partial charge is 0.507 e. The summed E-state index contributed by atoms with van der Waals surface area (Å²) in [5, 5.41) is 14.7. The summed E-state index contributed by atoms with van der Waals surface area (Å²) in [4.78, 5) is 19.0. The summed E-state index contributed by atoms with van der Waals surface area (Å²) in [6.45, 7) is 5.63. The number of phenols is 1. The lowest BCUT2D eigenvalue weighted by Gasteiger charge is -2.04. The van der Waals surface area contributed by atoms with E-state index in [9.17, 15) is 9.90 Å². The number of nitrogens with zero attached hydrogens (tertiary/aromatic N) is 3. The van der Waals surface area contributed by atoms with Crippen molar-refractivity contribution in [3.63, 3.8) is 0 Å². The first-order chi connectivity index (χ1) is 10.9. The van der Waals surface area contributed by atoms with E-state index in [1.54, 1.807) is 25.1 Å². The molecule has 0 saturated heterocycles. The molecule has 3 rings (SSSR count). The predicted octanol–water partition coefficient (Wildman–Crippen LogP) is 3.73. The van der Waals surface area contributed by atoms with Crippen molar-refractivity contribution in [2.24, 2.45) is 5.10 Å². The molecule has 7 heteroatoms. The minimum Gasteiger partial charge on any atom is -0.507 e. The maximum Gasteiger partial charge on any atom is 0.283 e. The van der Waals surface area contributed by atoms with Gasteiger partial charge in [0.25, 0.3) is 5.56 Å². The lowest BCUT2D eigenvalue weighted by molar-refractivity contribution is 0.474. The molecule has 0 aliphatic heterocycles. The zero-order chi connectivity index (χ0) is 16.7. The van der Waals surface area contributed by atoms with Crippen LogP contribution in [0.15, 0.2) is 32.6 Å². The van der Waals surface area contributed by atoms with Gasteiger partial charge in [-0.15, -0.1) is 11.3 Å². The highest BCUT2D eigenvalue weighted by Crippen LogP contribution is 2.26. The number of rotatable bonds is 2. The Kier molecular flexibility index (Phi) is 4.08. The number of hydrogen-bond acceptors (Lipinski definition) is 5. The fraction of sp³-hybridized carbons (Fsp3) is 0.188. The number of aromatic nitrogens is 2. The number of benzene rings is 1. The maximum atomic E-state index is 12.7. The molecule has 118 valence electrons. The summed E-state index contributed by atoms with van der Waals surface area (Å²) in [6, 6.07) is 5.02. The van der Waals surface area contributed by atoms with Crippen LogP contribution >= 0.6 is 27.3 Å². The van der Waals surface area contributed by atoms with E-state index in [0.29, 0.717) is 16.8 Å². The molecule has 0 saturated carbocycles. The van der Waals surface area contributed by atoms with Crippen LogP contribution in [0.5, 0.6) is 5.75 Å². The predicted molar refractivity (Wildman–Crippen MR) is 96.9 cm³/mol. The molecule has 0 bridgehead atoms. The maximum absolute atomic E-state index is 12.7. The normalized spacial score (nSPS) is 11.7. The Bertz CT molecular complexity index is 1000. The van der Waals surface area contributed by atoms with Crippen molar-refractivity contribution in [1.82, 2.24) is 9.66 Å². The first kappa shape index (κ1) is 15.9. The van der Waals surface area contributed by atoms with Gasteiger partial charge in [0.15, 0.2) is 0 Å². The number of halogens is 1. The number of fused-ring (bicyclic) bond motifs is 1. The molecule has 0 atom stereocenters.